The summed E-state index contributed by atoms with van der Waals surface area (Å²) in [5.41, 5.74) is 4.39. The summed E-state index contributed by atoms with van der Waals surface area (Å²) in [4.78, 5) is 4.96. The Morgan fingerprint density at radius 1 is 1.47 bits per heavy atom. The molecule has 0 saturated heterocycles. The molecule has 3 nitrogen and oxygen atoms in total. The van der Waals surface area contributed by atoms with Gasteiger partial charge in [0, 0.05) is 0 Å². The third kappa shape index (κ3) is 2.15. The van der Waals surface area contributed by atoms with Gasteiger partial charge in [-0.3, -0.25) is 0 Å². The Balaban J connectivity index is 2.39. The van der Waals surface area contributed by atoms with Gasteiger partial charge in [0.1, 0.15) is 23.7 Å². The van der Waals surface area contributed by atoms with Crippen molar-refractivity contribution in [1.82, 2.24) is 5.48 Å². The molecular weight excluding hydrogens is 221 g/mol. The molecule has 0 amide bonds. The van der Waals surface area contributed by atoms with E-state index in [1.54, 1.807) is 6.07 Å². The standard InChI is InChI=1S/C13H18FNO2/c1-4-5-10-12(15-16-3)11-9(14)7-6-8(2)13(11)17-10/h6-7,10,12,15H,4-5H2,1-3H3. The Morgan fingerprint density at radius 3 is 2.88 bits per heavy atom. The topological polar surface area (TPSA) is 30.5 Å². The van der Waals surface area contributed by atoms with E-state index in [0.717, 1.165) is 18.4 Å². The SMILES string of the molecule is CCCC1Oc2c(C)ccc(F)c2C1NOC. The fourth-order valence-corrected chi connectivity index (χ4v) is 2.31. The Kier molecular flexibility index (Phi) is 3.64. The molecule has 0 aliphatic carbocycles. The van der Waals surface area contributed by atoms with Crippen LogP contribution in [0.4, 0.5) is 4.39 Å². The Morgan fingerprint density at radius 2 is 2.24 bits per heavy atom. The average molecular weight is 239 g/mol. The molecule has 0 radical (unpaired) electrons. The van der Waals surface area contributed by atoms with Crippen LogP contribution in [0.3, 0.4) is 0 Å². The molecule has 1 N–H and O–H groups in total. The summed E-state index contributed by atoms with van der Waals surface area (Å²) in [6.45, 7) is 4.01. The van der Waals surface area contributed by atoms with E-state index in [9.17, 15) is 4.39 Å². The average Bonchev–Trinajstić information content (AvgIpc) is 2.66. The molecule has 1 heterocycles. The lowest BCUT2D eigenvalue weighted by atomic mass is 9.99. The second-order valence-electron chi connectivity index (χ2n) is 4.35. The van der Waals surface area contributed by atoms with Gasteiger partial charge >= 0.3 is 0 Å². The van der Waals surface area contributed by atoms with Crippen LogP contribution >= 0.6 is 0 Å². The van der Waals surface area contributed by atoms with Gasteiger partial charge in [0.25, 0.3) is 0 Å². The van der Waals surface area contributed by atoms with Gasteiger partial charge in [-0.05, 0) is 25.0 Å². The maximum Gasteiger partial charge on any atom is 0.131 e. The summed E-state index contributed by atoms with van der Waals surface area (Å²) in [7, 11) is 1.54. The number of nitrogens with one attached hydrogen (secondary N) is 1. The zero-order valence-electron chi connectivity index (χ0n) is 10.4. The number of hydroxylamine groups is 1. The number of benzene rings is 1. The molecule has 0 saturated carbocycles. The number of halogens is 1. The van der Waals surface area contributed by atoms with Crippen LogP contribution in [0.1, 0.15) is 36.9 Å². The second kappa shape index (κ2) is 5.02. The monoisotopic (exact) mass is 239 g/mol. The first-order chi connectivity index (χ1) is 8.19. The fourth-order valence-electron chi connectivity index (χ4n) is 2.31. The third-order valence-electron chi connectivity index (χ3n) is 3.11. The Hall–Kier alpha value is -1.13. The van der Waals surface area contributed by atoms with Crippen molar-refractivity contribution in [2.75, 3.05) is 7.11 Å². The summed E-state index contributed by atoms with van der Waals surface area (Å²) < 4.78 is 19.7. The molecule has 4 heteroatoms. The van der Waals surface area contributed by atoms with E-state index in [0.29, 0.717) is 11.3 Å². The van der Waals surface area contributed by atoms with Crippen molar-refractivity contribution in [3.8, 4) is 5.75 Å². The van der Waals surface area contributed by atoms with Crippen molar-refractivity contribution >= 4 is 0 Å². The lowest BCUT2D eigenvalue weighted by Crippen LogP contribution is -2.30. The van der Waals surface area contributed by atoms with Crippen molar-refractivity contribution in [3.63, 3.8) is 0 Å². The lowest BCUT2D eigenvalue weighted by Gasteiger charge is -2.18. The van der Waals surface area contributed by atoms with Gasteiger partial charge in [-0.15, -0.1) is 0 Å². The van der Waals surface area contributed by atoms with E-state index >= 15 is 0 Å². The Labute approximate surface area is 101 Å². The molecule has 0 aromatic heterocycles. The molecule has 1 aromatic rings. The number of hydrogen-bond acceptors (Lipinski definition) is 3. The third-order valence-corrected chi connectivity index (χ3v) is 3.11. The molecule has 0 bridgehead atoms. The largest absolute Gasteiger partial charge is 0.488 e. The van der Waals surface area contributed by atoms with Crippen LogP contribution in [-0.2, 0) is 4.84 Å². The molecule has 2 unspecified atom stereocenters. The quantitative estimate of drug-likeness (QED) is 0.819. The highest BCUT2D eigenvalue weighted by Crippen LogP contribution is 2.42. The molecular formula is C13H18FNO2. The number of rotatable bonds is 4. The van der Waals surface area contributed by atoms with Gasteiger partial charge < -0.3 is 9.57 Å². The summed E-state index contributed by atoms with van der Waals surface area (Å²) >= 11 is 0. The van der Waals surface area contributed by atoms with E-state index in [2.05, 4.69) is 12.4 Å². The second-order valence-corrected chi connectivity index (χ2v) is 4.35. The molecule has 0 spiro atoms. The van der Waals surface area contributed by atoms with Crippen LogP contribution in [0.2, 0.25) is 0 Å². The number of fused-ring (bicyclic) bond motifs is 1. The Bertz CT molecular complexity index is 409. The van der Waals surface area contributed by atoms with Crippen molar-refractivity contribution in [3.05, 3.63) is 29.1 Å². The summed E-state index contributed by atoms with van der Waals surface area (Å²) in [6.07, 6.45) is 1.79. The molecule has 0 fully saturated rings. The van der Waals surface area contributed by atoms with Crippen LogP contribution in [0.5, 0.6) is 5.75 Å². The van der Waals surface area contributed by atoms with Crippen molar-refractivity contribution in [1.29, 1.82) is 0 Å². The van der Waals surface area contributed by atoms with E-state index in [1.807, 2.05) is 6.92 Å². The van der Waals surface area contributed by atoms with E-state index in [4.69, 9.17) is 9.57 Å². The molecule has 2 atom stereocenters. The van der Waals surface area contributed by atoms with Gasteiger partial charge in [-0.1, -0.05) is 19.4 Å². The lowest BCUT2D eigenvalue weighted by molar-refractivity contribution is 0.0261. The first kappa shape index (κ1) is 12.3. The minimum atomic E-state index is -0.237. The minimum absolute atomic E-state index is 0.0643. The van der Waals surface area contributed by atoms with Gasteiger partial charge in [-0.25, -0.2) is 4.39 Å². The highest BCUT2D eigenvalue weighted by molar-refractivity contribution is 5.47. The highest BCUT2D eigenvalue weighted by Gasteiger charge is 2.37. The van der Waals surface area contributed by atoms with Crippen LogP contribution in [0, 0.1) is 12.7 Å². The molecule has 1 aromatic carbocycles. The van der Waals surface area contributed by atoms with Crippen LogP contribution in [0.15, 0.2) is 12.1 Å². The molecule has 1 aliphatic heterocycles. The van der Waals surface area contributed by atoms with E-state index in [-0.39, 0.29) is 18.0 Å². The number of hydrogen-bond donors (Lipinski definition) is 1. The molecule has 94 valence electrons. The smallest absolute Gasteiger partial charge is 0.131 e. The zero-order chi connectivity index (χ0) is 12.4. The van der Waals surface area contributed by atoms with Gasteiger partial charge in [0.05, 0.1) is 12.7 Å². The summed E-state index contributed by atoms with van der Waals surface area (Å²) in [6, 6.07) is 3.00. The van der Waals surface area contributed by atoms with E-state index in [1.165, 1.54) is 13.2 Å². The first-order valence-corrected chi connectivity index (χ1v) is 5.93. The van der Waals surface area contributed by atoms with Crippen molar-refractivity contribution in [2.24, 2.45) is 0 Å². The number of ether oxygens (including phenoxy) is 1. The van der Waals surface area contributed by atoms with Gasteiger partial charge in [0.15, 0.2) is 0 Å². The van der Waals surface area contributed by atoms with E-state index < -0.39 is 0 Å². The first-order valence-electron chi connectivity index (χ1n) is 5.93. The fraction of sp³-hybridized carbons (Fsp3) is 0.538. The van der Waals surface area contributed by atoms with Gasteiger partial charge in [-0.2, -0.15) is 5.48 Å². The highest BCUT2D eigenvalue weighted by atomic mass is 19.1. The summed E-state index contributed by atoms with van der Waals surface area (Å²) in [5.74, 6) is 0.428. The number of aryl methyl sites for hydroxylation is 1. The van der Waals surface area contributed by atoms with Gasteiger partial charge in [0.2, 0.25) is 0 Å². The van der Waals surface area contributed by atoms with Crippen LogP contribution in [0.25, 0.3) is 0 Å². The predicted octanol–water partition coefficient (Wildman–Crippen LogP) is 2.89. The van der Waals surface area contributed by atoms with Crippen molar-refractivity contribution in [2.45, 2.75) is 38.8 Å². The molecule has 17 heavy (non-hydrogen) atoms. The van der Waals surface area contributed by atoms with Crippen LogP contribution < -0.4 is 10.2 Å². The minimum Gasteiger partial charge on any atom is -0.488 e. The molecule has 2 rings (SSSR count). The summed E-state index contributed by atoms with van der Waals surface area (Å²) in [5, 5.41) is 0. The normalized spacial score (nSPS) is 22.4. The molecule has 1 aliphatic rings. The van der Waals surface area contributed by atoms with Crippen molar-refractivity contribution < 1.29 is 14.0 Å². The zero-order valence-corrected chi connectivity index (χ0v) is 10.4. The predicted molar refractivity (Wildman–Crippen MR) is 63.3 cm³/mol. The maximum absolute atomic E-state index is 13.9. The maximum atomic E-state index is 13.9. The van der Waals surface area contributed by atoms with Crippen LogP contribution in [-0.4, -0.2) is 13.2 Å².